The molecule has 0 radical (unpaired) electrons. The minimum Gasteiger partial charge on any atom is -0.466 e. The summed E-state index contributed by atoms with van der Waals surface area (Å²) in [4.78, 5) is 10.7. The molecule has 0 aromatic heterocycles. The first-order valence-electron chi connectivity index (χ1n) is 6.06. The third-order valence-electron chi connectivity index (χ3n) is 3.10. The van der Waals surface area contributed by atoms with E-state index in [9.17, 15) is 13.2 Å². The molecule has 1 rings (SSSR count). The number of carbonyl (C=O) groups is 1. The van der Waals surface area contributed by atoms with Crippen LogP contribution >= 0.6 is 0 Å². The van der Waals surface area contributed by atoms with Gasteiger partial charge in [0.25, 0.3) is 0 Å². The summed E-state index contributed by atoms with van der Waals surface area (Å²) in [6.07, 6.45) is 3.46. The van der Waals surface area contributed by atoms with Crippen molar-refractivity contribution in [3.63, 3.8) is 0 Å². The Bertz CT molecular complexity index is 344. The van der Waals surface area contributed by atoms with Gasteiger partial charge in [0.1, 0.15) is 0 Å². The Hall–Kier alpha value is -0.620. The van der Waals surface area contributed by atoms with Gasteiger partial charge in [-0.2, -0.15) is 0 Å². The van der Waals surface area contributed by atoms with Crippen LogP contribution < -0.4 is 4.72 Å². The Kier molecular flexibility index (Phi) is 5.39. The maximum atomic E-state index is 11.4. The van der Waals surface area contributed by atoms with E-state index in [-0.39, 0.29) is 17.8 Å². The van der Waals surface area contributed by atoms with Crippen LogP contribution in [0.4, 0.5) is 0 Å². The van der Waals surface area contributed by atoms with Crippen LogP contribution in [0.3, 0.4) is 0 Å². The fourth-order valence-corrected chi connectivity index (χ4v) is 2.93. The molecule has 5 nitrogen and oxygen atoms in total. The molecule has 1 saturated carbocycles. The summed E-state index contributed by atoms with van der Waals surface area (Å²) >= 11 is 0. The van der Waals surface area contributed by atoms with Crippen molar-refractivity contribution in [2.45, 2.75) is 45.6 Å². The molecule has 0 unspecified atom stereocenters. The minimum atomic E-state index is -3.10. The zero-order valence-electron chi connectivity index (χ0n) is 10.4. The summed E-state index contributed by atoms with van der Waals surface area (Å²) in [5, 5.41) is 0. The number of carbonyl (C=O) groups excluding carboxylic acids is 1. The van der Waals surface area contributed by atoms with Crippen molar-refractivity contribution in [2.24, 2.45) is 5.92 Å². The Balaban J connectivity index is 2.28. The summed E-state index contributed by atoms with van der Waals surface area (Å²) in [6, 6.07) is 0.0496. The molecule has 6 heteroatoms. The van der Waals surface area contributed by atoms with E-state index in [0.717, 1.165) is 25.7 Å². The topological polar surface area (TPSA) is 72.5 Å². The second-order valence-electron chi connectivity index (χ2n) is 4.54. The van der Waals surface area contributed by atoms with Crippen LogP contribution in [0.1, 0.15) is 39.5 Å². The first-order chi connectivity index (χ1) is 7.93. The van der Waals surface area contributed by atoms with Crippen LogP contribution in [0, 0.1) is 5.92 Å². The van der Waals surface area contributed by atoms with Gasteiger partial charge in [-0.15, -0.1) is 0 Å². The summed E-state index contributed by atoms with van der Waals surface area (Å²) in [7, 11) is -3.10. The molecule has 0 aromatic carbocycles. The normalized spacial score (nSPS) is 25.5. The molecule has 0 atom stereocenters. The molecule has 1 aliphatic carbocycles. The average Bonchev–Trinajstić information content (AvgIpc) is 2.28. The number of sulfonamides is 1. The summed E-state index contributed by atoms with van der Waals surface area (Å²) in [5.74, 6) is 0.250. The number of nitrogens with one attached hydrogen (secondary N) is 1. The highest BCUT2D eigenvalue weighted by Gasteiger charge is 2.24. The lowest BCUT2D eigenvalue weighted by atomic mass is 9.87. The molecule has 0 saturated heterocycles. The van der Waals surface area contributed by atoms with Gasteiger partial charge in [0, 0.05) is 13.0 Å². The van der Waals surface area contributed by atoms with E-state index >= 15 is 0 Å². The van der Waals surface area contributed by atoms with Crippen molar-refractivity contribution in [1.29, 1.82) is 0 Å². The Morgan fingerprint density at radius 2 is 1.88 bits per heavy atom. The monoisotopic (exact) mass is 263 g/mol. The van der Waals surface area contributed by atoms with Gasteiger partial charge in [0.2, 0.25) is 10.0 Å². The Labute approximate surface area is 103 Å². The molecular formula is C11H21NO4S. The first-order valence-corrected chi connectivity index (χ1v) is 7.71. The van der Waals surface area contributed by atoms with Crippen molar-refractivity contribution < 1.29 is 17.9 Å². The number of esters is 1. The molecule has 100 valence electrons. The van der Waals surface area contributed by atoms with E-state index in [1.807, 2.05) is 0 Å². The molecule has 1 aliphatic rings. The van der Waals surface area contributed by atoms with Crippen molar-refractivity contribution in [3.05, 3.63) is 0 Å². The van der Waals surface area contributed by atoms with E-state index in [2.05, 4.69) is 4.72 Å². The van der Waals surface area contributed by atoms with Gasteiger partial charge in [-0.05, 0) is 38.5 Å². The Morgan fingerprint density at radius 3 is 2.35 bits per heavy atom. The first kappa shape index (κ1) is 14.4. The van der Waals surface area contributed by atoms with Gasteiger partial charge in [-0.1, -0.05) is 0 Å². The lowest BCUT2D eigenvalue weighted by Gasteiger charge is -2.28. The largest absolute Gasteiger partial charge is 0.466 e. The van der Waals surface area contributed by atoms with Crippen LogP contribution in [0.25, 0.3) is 0 Å². The van der Waals surface area contributed by atoms with Crippen LogP contribution in [0.5, 0.6) is 0 Å². The summed E-state index contributed by atoms with van der Waals surface area (Å²) in [5.41, 5.74) is 0. The Morgan fingerprint density at radius 1 is 1.29 bits per heavy atom. The van der Waals surface area contributed by atoms with Crippen LogP contribution in [0.2, 0.25) is 0 Å². The smallest absolute Gasteiger partial charge is 0.302 e. The molecule has 0 aromatic rings. The zero-order chi connectivity index (χ0) is 12.9. The average molecular weight is 263 g/mol. The maximum absolute atomic E-state index is 11.4. The molecule has 0 heterocycles. The zero-order valence-corrected chi connectivity index (χ0v) is 11.3. The van der Waals surface area contributed by atoms with Crippen molar-refractivity contribution in [2.75, 3.05) is 12.4 Å². The van der Waals surface area contributed by atoms with Gasteiger partial charge < -0.3 is 4.74 Å². The molecule has 17 heavy (non-hydrogen) atoms. The molecular weight excluding hydrogens is 242 g/mol. The van der Waals surface area contributed by atoms with Crippen molar-refractivity contribution >= 4 is 16.0 Å². The lowest BCUT2D eigenvalue weighted by molar-refractivity contribution is -0.142. The molecule has 0 amide bonds. The third-order valence-corrected chi connectivity index (χ3v) is 4.55. The summed E-state index contributed by atoms with van der Waals surface area (Å²) in [6.45, 7) is 3.50. The maximum Gasteiger partial charge on any atom is 0.302 e. The number of hydrogen-bond donors (Lipinski definition) is 1. The number of rotatable bonds is 5. The minimum absolute atomic E-state index is 0.0496. The van der Waals surface area contributed by atoms with E-state index in [0.29, 0.717) is 12.5 Å². The van der Waals surface area contributed by atoms with E-state index in [1.165, 1.54) is 6.92 Å². The van der Waals surface area contributed by atoms with Crippen LogP contribution in [0.15, 0.2) is 0 Å². The van der Waals surface area contributed by atoms with E-state index in [4.69, 9.17) is 4.74 Å². The standard InChI is InChI=1S/C11H21NO4S/c1-3-17(14,15)12-11-6-4-10(5-7-11)8-16-9(2)13/h10-12H,3-8H2,1-2H3. The fraction of sp³-hybridized carbons (Fsp3) is 0.909. The lowest BCUT2D eigenvalue weighted by Crippen LogP contribution is -2.39. The molecule has 0 bridgehead atoms. The van der Waals surface area contributed by atoms with E-state index in [1.54, 1.807) is 6.92 Å². The van der Waals surface area contributed by atoms with Crippen LogP contribution in [-0.4, -0.2) is 32.8 Å². The molecule has 0 spiro atoms. The number of hydrogen-bond acceptors (Lipinski definition) is 4. The predicted octanol–water partition coefficient (Wildman–Crippen LogP) is 1.05. The van der Waals surface area contributed by atoms with Gasteiger partial charge in [0.15, 0.2) is 0 Å². The molecule has 1 fully saturated rings. The highest BCUT2D eigenvalue weighted by Crippen LogP contribution is 2.24. The number of ether oxygens (including phenoxy) is 1. The molecule has 1 N–H and O–H groups in total. The second-order valence-corrected chi connectivity index (χ2v) is 6.58. The quantitative estimate of drug-likeness (QED) is 0.752. The van der Waals surface area contributed by atoms with Crippen molar-refractivity contribution in [3.8, 4) is 0 Å². The van der Waals surface area contributed by atoms with E-state index < -0.39 is 10.0 Å². The van der Waals surface area contributed by atoms with Gasteiger partial charge in [-0.3, -0.25) is 4.79 Å². The second kappa shape index (κ2) is 6.35. The summed E-state index contributed by atoms with van der Waals surface area (Å²) < 4.78 is 30.4. The SMILES string of the molecule is CCS(=O)(=O)NC1CCC(COC(C)=O)CC1. The van der Waals surface area contributed by atoms with Crippen LogP contribution in [-0.2, 0) is 19.6 Å². The van der Waals surface area contributed by atoms with Gasteiger partial charge in [-0.25, -0.2) is 13.1 Å². The highest BCUT2D eigenvalue weighted by atomic mass is 32.2. The van der Waals surface area contributed by atoms with Gasteiger partial charge >= 0.3 is 5.97 Å². The predicted molar refractivity (Wildman–Crippen MR) is 65.0 cm³/mol. The highest BCUT2D eigenvalue weighted by molar-refractivity contribution is 7.89. The third kappa shape index (κ3) is 5.50. The van der Waals surface area contributed by atoms with Crippen molar-refractivity contribution in [1.82, 2.24) is 4.72 Å². The fourth-order valence-electron chi connectivity index (χ4n) is 2.02. The molecule has 0 aliphatic heterocycles. The van der Waals surface area contributed by atoms with Gasteiger partial charge in [0.05, 0.1) is 12.4 Å².